The van der Waals surface area contributed by atoms with Gasteiger partial charge in [0.1, 0.15) is 0 Å². The number of halogens is 2. The van der Waals surface area contributed by atoms with Crippen LogP contribution >= 0.6 is 11.8 Å². The van der Waals surface area contributed by atoms with Crippen molar-refractivity contribution in [1.82, 2.24) is 19.7 Å². The second-order valence-electron chi connectivity index (χ2n) is 4.51. The number of aryl methyl sites for hydroxylation is 1. The van der Waals surface area contributed by atoms with Crippen molar-refractivity contribution < 1.29 is 18.1 Å². The van der Waals surface area contributed by atoms with Gasteiger partial charge in [-0.3, -0.25) is 14.7 Å². The van der Waals surface area contributed by atoms with Gasteiger partial charge in [-0.1, -0.05) is 29.1 Å². The lowest BCUT2D eigenvalue weighted by Gasteiger charge is -2.06. The molecule has 3 rings (SSSR count). The Labute approximate surface area is 133 Å². The van der Waals surface area contributed by atoms with Gasteiger partial charge in [-0.2, -0.15) is 13.8 Å². The Morgan fingerprint density at radius 3 is 2.87 bits per heavy atom. The lowest BCUT2D eigenvalue weighted by molar-refractivity contribution is -0.114. The number of carbonyl (C=O) groups excluding carboxylic acids is 1. The minimum absolute atomic E-state index is 0.0320. The molecule has 2 heterocycles. The molecule has 120 valence electrons. The van der Waals surface area contributed by atoms with Gasteiger partial charge in [0.05, 0.1) is 16.8 Å². The van der Waals surface area contributed by atoms with E-state index < -0.39 is 12.5 Å². The number of imidazole rings is 1. The summed E-state index contributed by atoms with van der Waals surface area (Å²) in [5.41, 5.74) is 0.765. The van der Waals surface area contributed by atoms with E-state index in [0.717, 1.165) is 16.3 Å². The van der Waals surface area contributed by atoms with Crippen molar-refractivity contribution in [2.24, 2.45) is 0 Å². The fourth-order valence-electron chi connectivity index (χ4n) is 1.95. The molecule has 0 saturated carbocycles. The van der Waals surface area contributed by atoms with Crippen molar-refractivity contribution in [2.45, 2.75) is 18.6 Å². The molecule has 0 atom stereocenters. The molecule has 3 aromatic rings. The molecule has 0 aliphatic rings. The smallest absolute Gasteiger partial charge is 0.315 e. The van der Waals surface area contributed by atoms with Crippen LogP contribution in [0.1, 0.15) is 12.4 Å². The van der Waals surface area contributed by atoms with Crippen molar-refractivity contribution in [3.05, 3.63) is 30.1 Å². The maximum atomic E-state index is 13.2. The molecular formula is C13H11F2N5O2S. The molecule has 0 aliphatic heterocycles. The third-order valence-electron chi connectivity index (χ3n) is 2.86. The summed E-state index contributed by atoms with van der Waals surface area (Å²) in [5, 5.41) is 5.99. The number of anilines is 1. The molecule has 1 aromatic carbocycles. The Morgan fingerprint density at radius 2 is 2.17 bits per heavy atom. The normalized spacial score (nSPS) is 11.3. The van der Waals surface area contributed by atoms with Gasteiger partial charge in [-0.05, 0) is 19.1 Å². The van der Waals surface area contributed by atoms with E-state index in [9.17, 15) is 13.6 Å². The molecule has 1 amide bonds. The van der Waals surface area contributed by atoms with Crippen molar-refractivity contribution in [3.63, 3.8) is 0 Å². The highest BCUT2D eigenvalue weighted by Gasteiger charge is 2.19. The Hall–Kier alpha value is -2.49. The zero-order valence-electron chi connectivity index (χ0n) is 11.9. The number of hydrogen-bond donors (Lipinski definition) is 1. The first kappa shape index (κ1) is 15.4. The summed E-state index contributed by atoms with van der Waals surface area (Å²) in [6.07, 6.45) is 0. The largest absolute Gasteiger partial charge is 0.328 e. The van der Waals surface area contributed by atoms with Crippen LogP contribution in [0.4, 0.5) is 14.8 Å². The molecule has 0 bridgehead atoms. The zero-order chi connectivity index (χ0) is 16.4. The molecule has 2 aromatic heterocycles. The number of nitrogens with zero attached hydrogens (tertiary/aromatic N) is 4. The maximum Gasteiger partial charge on any atom is 0.328 e. The zero-order valence-corrected chi connectivity index (χ0v) is 12.7. The van der Waals surface area contributed by atoms with Crippen molar-refractivity contribution >= 4 is 34.7 Å². The first-order chi connectivity index (χ1) is 11.0. The van der Waals surface area contributed by atoms with E-state index in [2.05, 4.69) is 20.4 Å². The predicted molar refractivity (Wildman–Crippen MR) is 79.4 cm³/mol. The van der Waals surface area contributed by atoms with E-state index in [0.29, 0.717) is 16.9 Å². The number of hydrogen-bond acceptors (Lipinski definition) is 6. The van der Waals surface area contributed by atoms with Gasteiger partial charge in [0.2, 0.25) is 5.91 Å². The van der Waals surface area contributed by atoms with Gasteiger partial charge < -0.3 is 4.52 Å². The molecule has 0 spiro atoms. The SMILES string of the molecule is Cc1noc(NC(=O)CSc2nc3ccccc3n2C(F)F)n1. The molecule has 0 saturated heterocycles. The first-order valence-electron chi connectivity index (χ1n) is 6.52. The van der Waals surface area contributed by atoms with E-state index in [-0.39, 0.29) is 16.9 Å². The molecule has 0 fully saturated rings. The summed E-state index contributed by atoms with van der Waals surface area (Å²) in [5.74, 6) is -0.184. The molecule has 0 aliphatic carbocycles. The van der Waals surface area contributed by atoms with Crippen molar-refractivity contribution in [1.29, 1.82) is 0 Å². The molecule has 23 heavy (non-hydrogen) atoms. The highest BCUT2D eigenvalue weighted by molar-refractivity contribution is 7.99. The quantitative estimate of drug-likeness (QED) is 0.720. The number of para-hydroxylation sites is 2. The molecular weight excluding hydrogens is 328 g/mol. The number of amides is 1. The lowest BCUT2D eigenvalue weighted by Crippen LogP contribution is -2.15. The Balaban J connectivity index is 1.73. The van der Waals surface area contributed by atoms with Gasteiger partial charge in [-0.15, -0.1) is 0 Å². The van der Waals surface area contributed by atoms with Crippen LogP contribution in [0.2, 0.25) is 0 Å². The van der Waals surface area contributed by atoms with Gasteiger partial charge in [0, 0.05) is 0 Å². The number of carbonyl (C=O) groups is 1. The van der Waals surface area contributed by atoms with E-state index in [1.165, 1.54) is 0 Å². The van der Waals surface area contributed by atoms with Gasteiger partial charge in [0.15, 0.2) is 11.0 Å². The van der Waals surface area contributed by atoms with E-state index in [4.69, 9.17) is 4.52 Å². The van der Waals surface area contributed by atoms with E-state index in [1.54, 1.807) is 31.2 Å². The maximum absolute atomic E-state index is 13.2. The molecule has 1 N–H and O–H groups in total. The van der Waals surface area contributed by atoms with Crippen LogP contribution in [-0.2, 0) is 4.79 Å². The van der Waals surface area contributed by atoms with Gasteiger partial charge in [-0.25, -0.2) is 4.98 Å². The minimum Gasteiger partial charge on any atom is -0.315 e. The van der Waals surface area contributed by atoms with E-state index in [1.807, 2.05) is 0 Å². The summed E-state index contributed by atoms with van der Waals surface area (Å²) in [4.78, 5) is 19.8. The Morgan fingerprint density at radius 1 is 1.39 bits per heavy atom. The number of fused-ring (bicyclic) bond motifs is 1. The molecule has 0 unspecified atom stereocenters. The lowest BCUT2D eigenvalue weighted by atomic mass is 10.3. The van der Waals surface area contributed by atoms with Crippen LogP contribution in [-0.4, -0.2) is 31.4 Å². The summed E-state index contributed by atoms with van der Waals surface area (Å²) < 4.78 is 32.0. The highest BCUT2D eigenvalue weighted by atomic mass is 32.2. The molecule has 10 heteroatoms. The number of rotatable bonds is 5. The van der Waals surface area contributed by atoms with Crippen LogP contribution in [0.15, 0.2) is 33.9 Å². The number of benzene rings is 1. The summed E-state index contributed by atoms with van der Waals surface area (Å²) >= 11 is 0.905. The number of aromatic nitrogens is 4. The first-order valence-corrected chi connectivity index (χ1v) is 7.51. The standard InChI is InChI=1S/C13H11F2N5O2S/c1-7-16-12(22-19-7)18-10(21)6-23-13-17-8-4-2-3-5-9(8)20(13)11(14)15/h2-5,11H,6H2,1H3,(H,16,18,19,21). The summed E-state index contributed by atoms with van der Waals surface area (Å²) in [6, 6.07) is 6.53. The number of thioether (sulfide) groups is 1. The molecule has 7 nitrogen and oxygen atoms in total. The van der Waals surface area contributed by atoms with Crippen LogP contribution in [0, 0.1) is 6.92 Å². The second-order valence-corrected chi connectivity index (χ2v) is 5.46. The topological polar surface area (TPSA) is 85.8 Å². The predicted octanol–water partition coefficient (Wildman–Crippen LogP) is 2.85. The van der Waals surface area contributed by atoms with Crippen molar-refractivity contribution in [3.8, 4) is 0 Å². The van der Waals surface area contributed by atoms with Crippen LogP contribution in [0.25, 0.3) is 11.0 Å². The molecule has 0 radical (unpaired) electrons. The Bertz CT molecular complexity index is 848. The average molecular weight is 339 g/mol. The number of nitrogens with one attached hydrogen (secondary N) is 1. The monoisotopic (exact) mass is 339 g/mol. The average Bonchev–Trinajstić information content (AvgIpc) is 3.08. The third-order valence-corrected chi connectivity index (χ3v) is 3.82. The van der Waals surface area contributed by atoms with Crippen LogP contribution in [0.3, 0.4) is 0 Å². The minimum atomic E-state index is -2.74. The third kappa shape index (κ3) is 3.31. The highest BCUT2D eigenvalue weighted by Crippen LogP contribution is 2.29. The second kappa shape index (κ2) is 6.32. The fourth-order valence-corrected chi connectivity index (χ4v) is 2.76. The summed E-state index contributed by atoms with van der Waals surface area (Å²) in [7, 11) is 0. The van der Waals surface area contributed by atoms with Crippen molar-refractivity contribution in [2.75, 3.05) is 11.1 Å². The Kier molecular flexibility index (Phi) is 4.24. The van der Waals surface area contributed by atoms with Gasteiger partial charge >= 0.3 is 12.6 Å². The number of alkyl halides is 2. The van der Waals surface area contributed by atoms with Gasteiger partial charge in [0.25, 0.3) is 0 Å². The summed E-state index contributed by atoms with van der Waals surface area (Å²) in [6.45, 7) is -1.13. The van der Waals surface area contributed by atoms with Crippen LogP contribution in [0.5, 0.6) is 0 Å². The van der Waals surface area contributed by atoms with E-state index >= 15 is 0 Å². The fraction of sp³-hybridized carbons (Fsp3) is 0.231. The van der Waals surface area contributed by atoms with Crippen LogP contribution < -0.4 is 5.32 Å².